The molecular formula is C18H18FNO2. The van der Waals surface area contributed by atoms with Gasteiger partial charge in [-0.2, -0.15) is 0 Å². The number of carbonyl (C=O) groups excluding carboxylic acids is 1. The van der Waals surface area contributed by atoms with Crippen LogP contribution in [0.1, 0.15) is 24.5 Å². The Kier molecular flexibility index (Phi) is 4.20. The predicted molar refractivity (Wildman–Crippen MR) is 82.9 cm³/mol. The molecule has 1 heterocycles. The molecule has 1 fully saturated rings. The third kappa shape index (κ3) is 2.88. The third-order valence-electron chi connectivity index (χ3n) is 4.14. The first-order chi connectivity index (χ1) is 10.7. The fourth-order valence-corrected chi connectivity index (χ4v) is 2.81. The Hall–Kier alpha value is -2.20. The highest BCUT2D eigenvalue weighted by Gasteiger charge is 2.37. The number of hydrogen-bond donors (Lipinski definition) is 1. The van der Waals surface area contributed by atoms with Gasteiger partial charge in [-0.1, -0.05) is 36.4 Å². The van der Waals surface area contributed by atoms with Crippen LogP contribution in [-0.4, -0.2) is 17.6 Å². The summed E-state index contributed by atoms with van der Waals surface area (Å²) in [5.41, 5.74) is 1.20. The first kappa shape index (κ1) is 14.7. The monoisotopic (exact) mass is 299 g/mol. The van der Waals surface area contributed by atoms with E-state index in [1.54, 1.807) is 23.1 Å². The number of carbonyl (C=O) groups is 1. The number of halogens is 1. The van der Waals surface area contributed by atoms with Crippen molar-refractivity contribution >= 4 is 11.6 Å². The van der Waals surface area contributed by atoms with Gasteiger partial charge in [-0.3, -0.25) is 4.79 Å². The molecule has 1 N–H and O–H groups in total. The Labute approximate surface area is 129 Å². The maximum Gasteiger partial charge on any atom is 0.231 e. The average molecular weight is 299 g/mol. The van der Waals surface area contributed by atoms with Crippen LogP contribution in [0.2, 0.25) is 0 Å². The summed E-state index contributed by atoms with van der Waals surface area (Å²) in [7, 11) is 0. The van der Waals surface area contributed by atoms with E-state index in [-0.39, 0.29) is 11.8 Å². The predicted octanol–water partition coefficient (Wildman–Crippen LogP) is 3.30. The Morgan fingerprint density at radius 2 is 1.82 bits per heavy atom. The Morgan fingerprint density at radius 1 is 1.14 bits per heavy atom. The van der Waals surface area contributed by atoms with Crippen LogP contribution in [0.3, 0.4) is 0 Å². The third-order valence-corrected chi connectivity index (χ3v) is 4.14. The van der Waals surface area contributed by atoms with E-state index in [0.29, 0.717) is 24.9 Å². The van der Waals surface area contributed by atoms with Gasteiger partial charge in [0.05, 0.1) is 12.0 Å². The Morgan fingerprint density at radius 3 is 2.50 bits per heavy atom. The molecule has 1 aliphatic heterocycles. The lowest BCUT2D eigenvalue weighted by Gasteiger charge is -2.38. The molecule has 0 spiro atoms. The Balaban J connectivity index is 1.54. The van der Waals surface area contributed by atoms with Gasteiger partial charge in [0, 0.05) is 17.8 Å². The van der Waals surface area contributed by atoms with Crippen LogP contribution in [0.15, 0.2) is 54.6 Å². The van der Waals surface area contributed by atoms with Gasteiger partial charge < -0.3 is 10.0 Å². The number of rotatable bonds is 5. The fraction of sp³-hybridized carbons (Fsp3) is 0.278. The van der Waals surface area contributed by atoms with Crippen molar-refractivity contribution in [2.75, 3.05) is 11.4 Å². The molecule has 0 aromatic heterocycles. The number of anilines is 1. The van der Waals surface area contributed by atoms with Crippen LogP contribution in [-0.2, 0) is 4.79 Å². The summed E-state index contributed by atoms with van der Waals surface area (Å²) in [5, 5.41) is 10.1. The number of amides is 1. The van der Waals surface area contributed by atoms with E-state index in [4.69, 9.17) is 0 Å². The van der Waals surface area contributed by atoms with E-state index < -0.39 is 11.9 Å². The molecule has 0 radical (unpaired) electrons. The molecule has 2 atom stereocenters. The number of aliphatic hydroxyl groups is 1. The van der Waals surface area contributed by atoms with Gasteiger partial charge in [0.25, 0.3) is 0 Å². The van der Waals surface area contributed by atoms with Crippen LogP contribution >= 0.6 is 0 Å². The van der Waals surface area contributed by atoms with Crippen LogP contribution < -0.4 is 4.90 Å². The smallest absolute Gasteiger partial charge is 0.231 e. The lowest BCUT2D eigenvalue weighted by molar-refractivity contribution is -0.127. The van der Waals surface area contributed by atoms with Gasteiger partial charge >= 0.3 is 0 Å². The van der Waals surface area contributed by atoms with Crippen molar-refractivity contribution in [1.29, 1.82) is 0 Å². The number of nitrogens with zero attached hydrogens (tertiary/aromatic N) is 1. The first-order valence-electron chi connectivity index (χ1n) is 7.45. The number of benzene rings is 2. The number of hydrogen-bond acceptors (Lipinski definition) is 2. The second-order valence-electron chi connectivity index (χ2n) is 5.60. The summed E-state index contributed by atoms with van der Waals surface area (Å²) in [6.07, 6.45) is 0.0947. The topological polar surface area (TPSA) is 40.5 Å². The highest BCUT2D eigenvalue weighted by Crippen LogP contribution is 2.31. The van der Waals surface area contributed by atoms with Crippen molar-refractivity contribution in [2.45, 2.75) is 18.9 Å². The quantitative estimate of drug-likeness (QED) is 0.861. The van der Waals surface area contributed by atoms with Gasteiger partial charge in [0.2, 0.25) is 5.91 Å². The molecule has 22 heavy (non-hydrogen) atoms. The van der Waals surface area contributed by atoms with Gasteiger partial charge in [-0.15, -0.1) is 0 Å². The highest BCUT2D eigenvalue weighted by atomic mass is 19.1. The second kappa shape index (κ2) is 6.28. The molecule has 1 aliphatic rings. The van der Waals surface area contributed by atoms with E-state index in [9.17, 15) is 14.3 Å². The van der Waals surface area contributed by atoms with Crippen LogP contribution in [0, 0.1) is 11.7 Å². The van der Waals surface area contributed by atoms with E-state index in [1.165, 1.54) is 6.07 Å². The van der Waals surface area contributed by atoms with Crippen molar-refractivity contribution < 1.29 is 14.3 Å². The second-order valence-corrected chi connectivity index (χ2v) is 5.60. The molecule has 114 valence electrons. The molecule has 3 rings (SSSR count). The average Bonchev–Trinajstić information content (AvgIpc) is 2.54. The molecule has 2 aromatic carbocycles. The van der Waals surface area contributed by atoms with Crippen molar-refractivity contribution in [3.8, 4) is 0 Å². The van der Waals surface area contributed by atoms with Crippen LogP contribution in [0.25, 0.3) is 0 Å². The van der Waals surface area contributed by atoms with E-state index in [1.807, 2.05) is 30.3 Å². The largest absolute Gasteiger partial charge is 0.388 e. The molecule has 0 saturated carbocycles. The molecule has 0 bridgehead atoms. The van der Waals surface area contributed by atoms with Crippen molar-refractivity contribution in [3.63, 3.8) is 0 Å². The molecular weight excluding hydrogens is 281 g/mol. The molecule has 0 aliphatic carbocycles. The minimum absolute atomic E-state index is 0.0759. The minimum atomic E-state index is -0.861. The maximum absolute atomic E-state index is 13.6. The molecule has 4 heteroatoms. The van der Waals surface area contributed by atoms with Gasteiger partial charge in [0.1, 0.15) is 5.82 Å². The molecule has 1 saturated heterocycles. The zero-order valence-corrected chi connectivity index (χ0v) is 12.2. The van der Waals surface area contributed by atoms with Gasteiger partial charge in [-0.05, 0) is 31.0 Å². The molecule has 3 nitrogen and oxygen atoms in total. The standard InChI is InChI=1S/C18H18FNO2/c19-16-9-5-4-8-15(16)17(21)11-10-13-12-20(18(13)22)14-6-2-1-3-7-14/h1-9,13,17,21H,10-12H2/t13-,17+/m1/s1. The van der Waals surface area contributed by atoms with Crippen LogP contribution in [0.5, 0.6) is 0 Å². The van der Waals surface area contributed by atoms with E-state index >= 15 is 0 Å². The molecule has 2 aromatic rings. The molecule has 1 amide bonds. The van der Waals surface area contributed by atoms with Crippen molar-refractivity contribution in [1.82, 2.24) is 0 Å². The SMILES string of the molecule is O=C1[C@H](CC[C@H](O)c2ccccc2F)CN1c1ccccc1. The summed E-state index contributed by atoms with van der Waals surface area (Å²) in [4.78, 5) is 13.9. The lowest BCUT2D eigenvalue weighted by atomic mass is 9.90. The summed E-state index contributed by atoms with van der Waals surface area (Å²) in [6, 6.07) is 15.7. The molecule has 0 unspecified atom stereocenters. The van der Waals surface area contributed by atoms with Crippen molar-refractivity contribution in [3.05, 3.63) is 66.0 Å². The summed E-state index contributed by atoms with van der Waals surface area (Å²) >= 11 is 0. The number of para-hydroxylation sites is 1. The van der Waals surface area contributed by atoms with Gasteiger partial charge in [0.15, 0.2) is 0 Å². The normalized spacial score (nSPS) is 18.9. The van der Waals surface area contributed by atoms with E-state index in [0.717, 1.165) is 5.69 Å². The van der Waals surface area contributed by atoms with E-state index in [2.05, 4.69) is 0 Å². The van der Waals surface area contributed by atoms with Crippen molar-refractivity contribution in [2.24, 2.45) is 5.92 Å². The number of β-lactam (4-membered cyclic amide) rings is 1. The summed E-state index contributed by atoms with van der Waals surface area (Å²) in [5.74, 6) is -0.408. The van der Waals surface area contributed by atoms with Crippen LogP contribution in [0.4, 0.5) is 10.1 Å². The fourth-order valence-electron chi connectivity index (χ4n) is 2.81. The van der Waals surface area contributed by atoms with Gasteiger partial charge in [-0.25, -0.2) is 4.39 Å². The summed E-state index contributed by atoms with van der Waals surface area (Å²) < 4.78 is 13.6. The lowest BCUT2D eigenvalue weighted by Crippen LogP contribution is -2.52. The first-order valence-corrected chi connectivity index (χ1v) is 7.45. The summed E-state index contributed by atoms with van der Waals surface area (Å²) in [6.45, 7) is 0.660. The zero-order valence-electron chi connectivity index (χ0n) is 12.2. The zero-order chi connectivity index (χ0) is 15.5. The maximum atomic E-state index is 13.6. The minimum Gasteiger partial charge on any atom is -0.388 e. The highest BCUT2D eigenvalue weighted by molar-refractivity contribution is 6.01. The Bertz CT molecular complexity index is 659. The number of aliphatic hydroxyl groups excluding tert-OH is 1.